The number of phosphoric ester groups is 1. The van der Waals surface area contributed by atoms with Crippen LogP contribution in [-0.2, 0) is 54.3 Å². The number of alkyl halides is 3. The molecule has 2 unspecified atom stereocenters. The summed E-state index contributed by atoms with van der Waals surface area (Å²) < 4.78 is 102. The molecule has 4 heterocycles. The molecule has 1 fully saturated rings. The predicted molar refractivity (Wildman–Crippen MR) is 215 cm³/mol. The fourth-order valence-corrected chi connectivity index (χ4v) is 11.3. The number of amides is 1. The van der Waals surface area contributed by atoms with E-state index >= 15 is 0 Å². The molecule has 2 aliphatic heterocycles. The van der Waals surface area contributed by atoms with Crippen LogP contribution in [0.25, 0.3) is 11.2 Å². The van der Waals surface area contributed by atoms with Crippen molar-refractivity contribution in [2.75, 3.05) is 36.9 Å². The Morgan fingerprint density at radius 2 is 1.63 bits per heavy atom. The lowest BCUT2D eigenvalue weighted by Gasteiger charge is -2.20. The zero-order valence-electron chi connectivity index (χ0n) is 32.4. The molecule has 24 nitrogen and oxygen atoms in total. The minimum atomic E-state index is -5.87. The Morgan fingerprint density at radius 1 is 0.968 bits per heavy atom. The summed E-state index contributed by atoms with van der Waals surface area (Å²) in [5, 5.41) is 34.4. The van der Waals surface area contributed by atoms with Gasteiger partial charge < -0.3 is 55.6 Å². The second-order valence-corrected chi connectivity index (χ2v) is 22.1. The Hall–Kier alpha value is -2.47. The maximum atomic E-state index is 14.2. The van der Waals surface area contributed by atoms with Gasteiger partial charge in [0.1, 0.15) is 30.2 Å². The number of carbonyl (C=O) groups is 1. The summed E-state index contributed by atoms with van der Waals surface area (Å²) in [6.45, 7) is 5.19. The lowest BCUT2D eigenvalue weighted by Crippen LogP contribution is -2.33. The quantitative estimate of drug-likeness (QED) is 0.0317. The number of aromatic nitrogens is 4. The van der Waals surface area contributed by atoms with Gasteiger partial charge in [-0.05, 0) is 38.0 Å². The van der Waals surface area contributed by atoms with Crippen LogP contribution in [0.2, 0.25) is 0 Å². The van der Waals surface area contributed by atoms with Gasteiger partial charge in [-0.25, -0.2) is 33.4 Å². The minimum absolute atomic E-state index is 0.00224. The molecule has 346 valence electrons. The number of hydrogen-bond acceptors (Lipinski definition) is 21. The molecule has 1 amide bonds. The lowest BCUT2D eigenvalue weighted by atomic mass is 9.97. The van der Waals surface area contributed by atoms with Gasteiger partial charge in [-0.15, -0.1) is 10.2 Å². The summed E-state index contributed by atoms with van der Waals surface area (Å²) in [5.41, 5.74) is 3.24. The number of alkyl carbamates (subject to hydrolysis) is 1. The van der Waals surface area contributed by atoms with Gasteiger partial charge in [0.25, 0.3) is 0 Å². The van der Waals surface area contributed by atoms with E-state index in [1.807, 2.05) is 0 Å². The van der Waals surface area contributed by atoms with Crippen molar-refractivity contribution in [1.82, 2.24) is 30.2 Å². The molecule has 10 N–H and O–H groups in total. The average Bonchev–Trinajstić information content (AvgIpc) is 3.81. The Labute approximate surface area is 361 Å². The summed E-state index contributed by atoms with van der Waals surface area (Å²) >= 11 is 0.936. The number of carbonyl (C=O) groups excluding carboxylic acids is 1. The number of nitrogens with zero attached hydrogens (tertiary/aromatic N) is 6. The van der Waals surface area contributed by atoms with Crippen LogP contribution in [0.5, 0.6) is 0 Å². The van der Waals surface area contributed by atoms with E-state index in [9.17, 15) is 51.7 Å². The molecule has 0 radical (unpaired) electrons. The van der Waals surface area contributed by atoms with Crippen LogP contribution in [0.1, 0.15) is 43.7 Å². The number of ether oxygens (including phenoxy) is 2. The second kappa shape index (κ2) is 20.0. The highest BCUT2D eigenvalue weighted by molar-refractivity contribution is 8.76. The van der Waals surface area contributed by atoms with Crippen LogP contribution < -0.4 is 16.4 Å². The van der Waals surface area contributed by atoms with Crippen LogP contribution in [0.3, 0.4) is 0 Å². The predicted octanol–water partition coefficient (Wildman–Crippen LogP) is 3.84. The first-order chi connectivity index (χ1) is 28.7. The number of nitrogen functional groups attached to an aromatic ring is 1. The Balaban J connectivity index is 1.27. The monoisotopic (exact) mass is 1000 g/mol. The zero-order valence-corrected chi connectivity index (χ0v) is 37.5. The van der Waals surface area contributed by atoms with Gasteiger partial charge in [0.05, 0.1) is 6.61 Å². The summed E-state index contributed by atoms with van der Waals surface area (Å²) in [7, 11) is -14.1. The minimum Gasteiger partial charge on any atom is -0.444 e. The highest BCUT2D eigenvalue weighted by Crippen LogP contribution is 2.66. The van der Waals surface area contributed by atoms with Crippen LogP contribution in [-0.4, -0.2) is 117 Å². The smallest absolute Gasteiger partial charge is 0.444 e. The number of fused-ring (bicyclic) bond motifs is 1. The Bertz CT molecular complexity index is 2270. The molecule has 0 aliphatic carbocycles. The topological polar surface area (TPSA) is 354 Å². The van der Waals surface area contributed by atoms with E-state index in [-0.39, 0.29) is 40.0 Å². The van der Waals surface area contributed by atoms with Gasteiger partial charge in [0, 0.05) is 42.5 Å². The molecule has 3 aromatic rings. The maximum absolute atomic E-state index is 14.2. The first kappa shape index (κ1) is 50.5. The number of nitrogens with two attached hydrogens (primary N) is 1. The number of aliphatic hydroxyl groups excluding tert-OH is 2. The summed E-state index contributed by atoms with van der Waals surface area (Å²) in [6, 6.07) is 4.29. The molecule has 6 atom stereocenters. The molecule has 0 bridgehead atoms. The molecule has 2 aromatic heterocycles. The number of benzene rings is 1. The highest BCUT2D eigenvalue weighted by Gasteiger charge is 2.65. The fourth-order valence-electron chi connectivity index (χ4n) is 5.50. The number of rotatable bonds is 21. The molecule has 5 rings (SSSR count). The van der Waals surface area contributed by atoms with Crippen molar-refractivity contribution in [1.29, 1.82) is 0 Å². The molecule has 62 heavy (non-hydrogen) atoms. The van der Waals surface area contributed by atoms with Gasteiger partial charge >= 0.3 is 41.4 Å². The first-order valence-corrected chi connectivity index (χ1v) is 25.7. The van der Waals surface area contributed by atoms with E-state index in [2.05, 4.69) is 49.0 Å². The van der Waals surface area contributed by atoms with Gasteiger partial charge in [-0.2, -0.15) is 21.8 Å². The van der Waals surface area contributed by atoms with Crippen LogP contribution in [0.15, 0.2) is 39.9 Å². The number of nitrogens with one attached hydrogen (secondary N) is 2. The number of phosphoric acid groups is 3. The lowest BCUT2D eigenvalue weighted by molar-refractivity contribution is -0.166. The van der Waals surface area contributed by atoms with E-state index in [4.69, 9.17) is 25.0 Å². The summed E-state index contributed by atoms with van der Waals surface area (Å²) in [4.78, 5) is 61.1. The van der Waals surface area contributed by atoms with Gasteiger partial charge in [0.2, 0.25) is 0 Å². The van der Waals surface area contributed by atoms with E-state index in [1.165, 1.54) is 38.3 Å². The molecular weight excluding hydrogens is 960 g/mol. The number of hydrogen-bond donors (Lipinski definition) is 9. The molecule has 0 saturated carbocycles. The van der Waals surface area contributed by atoms with Crippen molar-refractivity contribution in [3.05, 3.63) is 41.2 Å². The maximum Gasteiger partial charge on any atom is 0.490 e. The number of anilines is 1. The molecule has 1 aromatic carbocycles. The summed E-state index contributed by atoms with van der Waals surface area (Å²) in [6.07, 6.45) is -11.3. The van der Waals surface area contributed by atoms with Crippen LogP contribution in [0.4, 0.5) is 23.8 Å². The highest BCUT2D eigenvalue weighted by atomic mass is 33.1. The van der Waals surface area contributed by atoms with Gasteiger partial charge in [-0.1, -0.05) is 45.5 Å². The van der Waals surface area contributed by atoms with Crippen molar-refractivity contribution in [2.45, 2.75) is 80.2 Å². The third-order valence-corrected chi connectivity index (χ3v) is 15.3. The Morgan fingerprint density at radius 3 is 2.26 bits per heavy atom. The van der Waals surface area contributed by atoms with Crippen LogP contribution >= 0.6 is 56.8 Å². The van der Waals surface area contributed by atoms with Gasteiger partial charge in [-0.3, -0.25) is 9.09 Å². The largest absolute Gasteiger partial charge is 0.490 e. The van der Waals surface area contributed by atoms with Crippen molar-refractivity contribution in [3.63, 3.8) is 0 Å². The number of aliphatic hydroxyl groups is 2. The Kier molecular flexibility index (Phi) is 16.3. The van der Waals surface area contributed by atoms with Crippen molar-refractivity contribution < 1.29 is 84.1 Å². The normalized spacial score (nSPS) is 22.1. The second-order valence-electron chi connectivity index (χ2n) is 14.1. The first-order valence-electron chi connectivity index (χ1n) is 17.7. The average molecular weight is 1000 g/mol. The fraction of sp³-hybridized carbons (Fsp3) is 0.586. The molecule has 33 heteroatoms. The molecular formula is C29H41F3N9O15P3S3. The molecule has 1 saturated heterocycles. The molecule has 2 aliphatic rings. The zero-order chi connectivity index (χ0) is 45.9. The summed E-state index contributed by atoms with van der Waals surface area (Å²) in [5.74, 6) is 1.05. The number of halogens is 3. The van der Waals surface area contributed by atoms with E-state index in [0.29, 0.717) is 35.7 Å². The van der Waals surface area contributed by atoms with Gasteiger partial charge in [0.15, 0.2) is 28.4 Å². The molecule has 0 spiro atoms. The van der Waals surface area contributed by atoms with Crippen LogP contribution in [0, 0.1) is 0 Å². The van der Waals surface area contributed by atoms with Crippen molar-refractivity contribution in [3.8, 4) is 0 Å². The SMILES string of the molecule is CC(C)(C)OC(=O)NCCSSCCNCc1cc(CSc2nc3c(N)ncnc3n2[C@@H]2O[C@H](COP(=O)(O)OP(=O)(O)OP(=O)(O)O)[C@@H](O)[C@H]2O)cc(C2(C(F)(F)F)N=N2)c1. The van der Waals surface area contributed by atoms with Crippen molar-refractivity contribution in [2.24, 2.45) is 10.2 Å². The third kappa shape index (κ3) is 13.8. The standard InChI is InChI=1S/C29H41F3N9O15P3S3/c1-27(2,3)54-26(44)35-5-7-62-61-6-4-34-11-15-8-16(10-17(9-15)28(39-40-28)29(30,31)32)13-60-25-38-19-22(33)36-14-37-23(19)41(25)24-21(43)20(42)18(53-24)12-52-58(48,49)56-59(50,51)55-57(45,46)47/h8-10,14,18,20-21,24,34,42-43H,4-7,11-13H2,1-3H3,(H,35,44)(H,48,49)(H,50,51)(H2,33,36,37)(H2,45,46,47)/t18-,20-,21-,24-/m1/s1. The number of thioether (sulfide) groups is 1. The van der Waals surface area contributed by atoms with E-state index in [0.717, 1.165) is 18.1 Å². The van der Waals surface area contributed by atoms with E-state index in [1.54, 1.807) is 26.8 Å². The number of imidazole rings is 1. The third-order valence-electron chi connectivity index (χ3n) is 8.03. The van der Waals surface area contributed by atoms with Crippen molar-refractivity contribution >= 4 is 79.9 Å². The van der Waals surface area contributed by atoms with E-state index < -0.39 is 78.1 Å².